The molecular formula is C16H20N2O4S. The van der Waals surface area contributed by atoms with Crippen LogP contribution in [-0.2, 0) is 31.9 Å². The van der Waals surface area contributed by atoms with E-state index < -0.39 is 11.9 Å². The largest absolute Gasteiger partial charge is 0.454 e. The van der Waals surface area contributed by atoms with E-state index in [1.165, 1.54) is 16.2 Å². The van der Waals surface area contributed by atoms with Gasteiger partial charge in [0.05, 0.1) is 5.56 Å². The Kier molecular flexibility index (Phi) is 6.13. The van der Waals surface area contributed by atoms with Crippen LogP contribution in [0.2, 0.25) is 0 Å². The second-order valence-corrected chi connectivity index (χ2v) is 6.62. The van der Waals surface area contributed by atoms with E-state index >= 15 is 0 Å². The van der Waals surface area contributed by atoms with Crippen molar-refractivity contribution in [2.24, 2.45) is 5.92 Å². The van der Waals surface area contributed by atoms with Crippen LogP contribution in [0.3, 0.4) is 0 Å². The van der Waals surface area contributed by atoms with Crippen molar-refractivity contribution in [2.75, 3.05) is 25.1 Å². The summed E-state index contributed by atoms with van der Waals surface area (Å²) in [5.41, 5.74) is 1.60. The van der Waals surface area contributed by atoms with Crippen LogP contribution < -0.4 is 5.32 Å². The molecule has 0 fully saturated rings. The molecule has 0 unspecified atom stereocenters. The molecule has 0 aliphatic heterocycles. The Morgan fingerprint density at radius 1 is 1.43 bits per heavy atom. The third-order valence-corrected chi connectivity index (χ3v) is 4.83. The summed E-state index contributed by atoms with van der Waals surface area (Å²) in [6, 6.07) is 2.18. The van der Waals surface area contributed by atoms with Gasteiger partial charge in [-0.05, 0) is 37.7 Å². The van der Waals surface area contributed by atoms with Crippen LogP contribution in [0.5, 0.6) is 0 Å². The van der Waals surface area contributed by atoms with Crippen LogP contribution in [0.4, 0.5) is 5.00 Å². The maximum absolute atomic E-state index is 11.9. The molecule has 6 nitrogen and oxygen atoms in total. The van der Waals surface area contributed by atoms with E-state index in [2.05, 4.69) is 18.3 Å². The molecule has 1 aromatic heterocycles. The summed E-state index contributed by atoms with van der Waals surface area (Å²) >= 11 is 1.45. The minimum absolute atomic E-state index is 0.168. The molecular weight excluding hydrogens is 316 g/mol. The molecule has 1 aromatic rings. The van der Waals surface area contributed by atoms with E-state index in [4.69, 9.17) is 9.47 Å². The van der Waals surface area contributed by atoms with E-state index in [9.17, 15) is 14.9 Å². The second kappa shape index (κ2) is 8.09. The summed E-state index contributed by atoms with van der Waals surface area (Å²) in [4.78, 5) is 24.4. The molecule has 1 atom stereocenters. The first kappa shape index (κ1) is 17.4. The standard InChI is InChI=1S/C16H20N2O4S/c1-3-21-9-15(20)22-8-14(19)18-16-12(7-17)11-5-4-10(2)6-13(11)23-16/h10H,3-6,8-9H2,1-2H3,(H,18,19)/t10-/m1/s1. The number of fused-ring (bicyclic) bond motifs is 1. The van der Waals surface area contributed by atoms with E-state index in [0.717, 1.165) is 24.8 Å². The lowest BCUT2D eigenvalue weighted by Crippen LogP contribution is -2.22. The number of thiophene rings is 1. The molecule has 2 rings (SSSR count). The summed E-state index contributed by atoms with van der Waals surface area (Å²) in [6.07, 6.45) is 2.86. The third kappa shape index (κ3) is 4.53. The SMILES string of the molecule is CCOCC(=O)OCC(=O)Nc1sc2c(c1C#N)CC[C@@H](C)C2. The van der Waals surface area contributed by atoms with Crippen molar-refractivity contribution >= 4 is 28.2 Å². The molecule has 1 aliphatic carbocycles. The van der Waals surface area contributed by atoms with Crippen molar-refractivity contribution in [2.45, 2.75) is 33.1 Å². The third-order valence-electron chi connectivity index (χ3n) is 3.66. The summed E-state index contributed by atoms with van der Waals surface area (Å²) in [7, 11) is 0. The maximum atomic E-state index is 11.9. The molecule has 0 spiro atoms. The molecule has 1 amide bonds. The van der Waals surface area contributed by atoms with E-state index in [1.807, 2.05) is 0 Å². The van der Waals surface area contributed by atoms with E-state index in [-0.39, 0.29) is 13.2 Å². The smallest absolute Gasteiger partial charge is 0.332 e. The quantitative estimate of drug-likeness (QED) is 0.805. The Morgan fingerprint density at radius 3 is 2.91 bits per heavy atom. The van der Waals surface area contributed by atoms with Crippen molar-refractivity contribution in [3.8, 4) is 6.07 Å². The molecule has 7 heteroatoms. The van der Waals surface area contributed by atoms with Gasteiger partial charge in [-0.25, -0.2) is 4.79 Å². The molecule has 0 saturated carbocycles. The average molecular weight is 336 g/mol. The van der Waals surface area contributed by atoms with Crippen molar-refractivity contribution in [1.82, 2.24) is 0 Å². The van der Waals surface area contributed by atoms with Gasteiger partial charge in [0.25, 0.3) is 5.91 Å². The van der Waals surface area contributed by atoms with Gasteiger partial charge in [-0.3, -0.25) is 4.79 Å². The average Bonchev–Trinajstić information content (AvgIpc) is 2.86. The molecule has 23 heavy (non-hydrogen) atoms. The number of nitrogens with zero attached hydrogens (tertiary/aromatic N) is 1. The molecule has 1 aliphatic rings. The number of carbonyl (C=O) groups is 2. The molecule has 1 N–H and O–H groups in total. The number of nitriles is 1. The lowest BCUT2D eigenvalue weighted by Gasteiger charge is -2.17. The number of hydrogen-bond donors (Lipinski definition) is 1. The second-order valence-electron chi connectivity index (χ2n) is 5.51. The molecule has 0 aromatic carbocycles. The van der Waals surface area contributed by atoms with Gasteiger partial charge in [-0.1, -0.05) is 6.92 Å². The Balaban J connectivity index is 1.96. The number of carbonyl (C=O) groups excluding carboxylic acids is 2. The lowest BCUT2D eigenvalue weighted by molar-refractivity contribution is -0.151. The number of hydrogen-bond acceptors (Lipinski definition) is 6. The van der Waals surface area contributed by atoms with Gasteiger partial charge in [-0.15, -0.1) is 11.3 Å². The summed E-state index contributed by atoms with van der Waals surface area (Å²) in [6.45, 7) is 3.81. The number of esters is 1. The monoisotopic (exact) mass is 336 g/mol. The highest BCUT2D eigenvalue weighted by molar-refractivity contribution is 7.16. The molecule has 1 heterocycles. The van der Waals surface area contributed by atoms with Gasteiger partial charge in [0.1, 0.15) is 17.7 Å². The van der Waals surface area contributed by atoms with Crippen molar-refractivity contribution in [1.29, 1.82) is 5.26 Å². The Hall–Kier alpha value is -1.91. The number of amides is 1. The highest BCUT2D eigenvalue weighted by Gasteiger charge is 2.24. The number of anilines is 1. The summed E-state index contributed by atoms with van der Waals surface area (Å²) in [5, 5.41) is 12.6. The van der Waals surface area contributed by atoms with Crippen LogP contribution in [0, 0.1) is 17.2 Å². The zero-order chi connectivity index (χ0) is 16.8. The Morgan fingerprint density at radius 2 is 2.22 bits per heavy atom. The fourth-order valence-electron chi connectivity index (χ4n) is 2.49. The lowest BCUT2D eigenvalue weighted by atomic mass is 9.89. The van der Waals surface area contributed by atoms with Crippen LogP contribution in [-0.4, -0.2) is 31.7 Å². The van der Waals surface area contributed by atoms with E-state index in [0.29, 0.717) is 23.1 Å². The van der Waals surface area contributed by atoms with Crippen molar-refractivity contribution < 1.29 is 19.1 Å². The van der Waals surface area contributed by atoms with Gasteiger partial charge < -0.3 is 14.8 Å². The predicted molar refractivity (Wildman–Crippen MR) is 86.3 cm³/mol. The molecule has 124 valence electrons. The fourth-order valence-corrected chi connectivity index (χ4v) is 3.87. The fraction of sp³-hybridized carbons (Fsp3) is 0.562. The summed E-state index contributed by atoms with van der Waals surface area (Å²) < 4.78 is 9.72. The van der Waals surface area contributed by atoms with Crippen LogP contribution >= 0.6 is 11.3 Å². The highest BCUT2D eigenvalue weighted by Crippen LogP contribution is 2.39. The maximum Gasteiger partial charge on any atom is 0.332 e. The van der Waals surface area contributed by atoms with Gasteiger partial charge in [0.2, 0.25) is 0 Å². The predicted octanol–water partition coefficient (Wildman–Crippen LogP) is 2.26. The van der Waals surface area contributed by atoms with E-state index in [1.54, 1.807) is 6.92 Å². The Labute approximate surface area is 139 Å². The minimum atomic E-state index is -0.582. The van der Waals surface area contributed by atoms with Gasteiger partial charge >= 0.3 is 5.97 Å². The number of nitrogens with one attached hydrogen (secondary N) is 1. The normalized spacial score (nSPS) is 16.3. The van der Waals surface area contributed by atoms with Crippen molar-refractivity contribution in [3.63, 3.8) is 0 Å². The molecule has 0 bridgehead atoms. The Bertz CT molecular complexity index is 633. The molecule has 0 radical (unpaired) electrons. The zero-order valence-corrected chi connectivity index (χ0v) is 14.1. The van der Waals surface area contributed by atoms with Crippen LogP contribution in [0.15, 0.2) is 0 Å². The van der Waals surface area contributed by atoms with Crippen LogP contribution in [0.25, 0.3) is 0 Å². The minimum Gasteiger partial charge on any atom is -0.454 e. The first-order valence-electron chi connectivity index (χ1n) is 7.63. The zero-order valence-electron chi connectivity index (χ0n) is 13.3. The van der Waals surface area contributed by atoms with Crippen molar-refractivity contribution in [3.05, 3.63) is 16.0 Å². The van der Waals surface area contributed by atoms with Crippen LogP contribution in [0.1, 0.15) is 36.3 Å². The highest BCUT2D eigenvalue weighted by atomic mass is 32.1. The number of ether oxygens (including phenoxy) is 2. The first-order valence-corrected chi connectivity index (χ1v) is 8.44. The van der Waals surface area contributed by atoms with Gasteiger partial charge in [-0.2, -0.15) is 5.26 Å². The van der Waals surface area contributed by atoms with Gasteiger partial charge in [0.15, 0.2) is 6.61 Å². The van der Waals surface area contributed by atoms with Gasteiger partial charge in [0, 0.05) is 11.5 Å². The topological polar surface area (TPSA) is 88.4 Å². The molecule has 0 saturated heterocycles. The summed E-state index contributed by atoms with van der Waals surface area (Å²) in [5.74, 6) is -0.435. The first-order chi connectivity index (χ1) is 11.0. The number of rotatable bonds is 6.